The third-order valence-corrected chi connectivity index (χ3v) is 4.31. The molecular formula is C18H28N2O2. The highest BCUT2D eigenvalue weighted by Crippen LogP contribution is 2.19. The molecule has 1 aromatic rings. The number of carbonyl (C=O) groups excluding carboxylic acids is 1. The largest absolute Gasteiger partial charge is 0.396 e. The summed E-state index contributed by atoms with van der Waals surface area (Å²) in [6, 6.07) is 7.68. The third kappa shape index (κ3) is 4.55. The average Bonchev–Trinajstić information content (AvgIpc) is 2.50. The van der Waals surface area contributed by atoms with E-state index in [1.807, 2.05) is 24.3 Å². The molecule has 1 amide bonds. The standard InChI is InChI=1S/C18H28N2O2/c1-14(2)17(20-11-4-3-5-12-20)18(22)19-16-8-6-15(7-9-16)10-13-21/h6-9,14,17,21H,3-5,10-13H2,1-2H3,(H,19,22). The van der Waals surface area contributed by atoms with Crippen LogP contribution in [-0.2, 0) is 11.2 Å². The predicted molar refractivity (Wildman–Crippen MR) is 89.9 cm³/mol. The number of hydrogen-bond acceptors (Lipinski definition) is 3. The normalized spacial score (nSPS) is 17.5. The van der Waals surface area contributed by atoms with Crippen LogP contribution >= 0.6 is 0 Å². The minimum Gasteiger partial charge on any atom is -0.396 e. The van der Waals surface area contributed by atoms with E-state index in [-0.39, 0.29) is 18.6 Å². The van der Waals surface area contributed by atoms with Crippen LogP contribution in [-0.4, -0.2) is 41.7 Å². The molecule has 4 heteroatoms. The van der Waals surface area contributed by atoms with E-state index >= 15 is 0 Å². The van der Waals surface area contributed by atoms with Crippen LogP contribution in [0, 0.1) is 5.92 Å². The number of piperidine rings is 1. The number of nitrogens with zero attached hydrogens (tertiary/aromatic N) is 1. The van der Waals surface area contributed by atoms with Gasteiger partial charge in [-0.2, -0.15) is 0 Å². The van der Waals surface area contributed by atoms with E-state index < -0.39 is 0 Å². The first kappa shape index (κ1) is 17.0. The second-order valence-corrected chi connectivity index (χ2v) is 6.45. The first-order valence-corrected chi connectivity index (χ1v) is 8.36. The van der Waals surface area contributed by atoms with Crippen LogP contribution in [0.1, 0.15) is 38.7 Å². The van der Waals surface area contributed by atoms with Crippen LogP contribution in [0.5, 0.6) is 0 Å². The molecule has 1 aliphatic heterocycles. The Bertz CT molecular complexity index is 464. The Morgan fingerprint density at radius 3 is 2.36 bits per heavy atom. The number of hydrogen-bond donors (Lipinski definition) is 2. The molecule has 0 saturated carbocycles. The van der Waals surface area contributed by atoms with Crippen LogP contribution in [0.2, 0.25) is 0 Å². The first-order valence-electron chi connectivity index (χ1n) is 8.36. The Kier molecular flexibility index (Phi) is 6.40. The Labute approximate surface area is 133 Å². The second-order valence-electron chi connectivity index (χ2n) is 6.45. The Morgan fingerprint density at radius 1 is 1.18 bits per heavy atom. The van der Waals surface area contributed by atoms with Crippen molar-refractivity contribution in [2.45, 2.75) is 45.6 Å². The Morgan fingerprint density at radius 2 is 1.82 bits per heavy atom. The summed E-state index contributed by atoms with van der Waals surface area (Å²) in [7, 11) is 0. The van der Waals surface area contributed by atoms with Crippen molar-refractivity contribution in [2.24, 2.45) is 5.92 Å². The zero-order valence-corrected chi connectivity index (χ0v) is 13.7. The fourth-order valence-corrected chi connectivity index (χ4v) is 3.19. The van der Waals surface area contributed by atoms with E-state index in [1.54, 1.807) is 0 Å². The lowest BCUT2D eigenvalue weighted by Crippen LogP contribution is -2.49. The van der Waals surface area contributed by atoms with Crippen molar-refractivity contribution in [3.8, 4) is 0 Å². The minimum absolute atomic E-state index is 0.0579. The summed E-state index contributed by atoms with van der Waals surface area (Å²) in [6.45, 7) is 6.42. The van der Waals surface area contributed by atoms with Crippen LogP contribution in [0.3, 0.4) is 0 Å². The number of carbonyl (C=O) groups is 1. The molecule has 1 fully saturated rings. The van der Waals surface area contributed by atoms with Gasteiger partial charge in [-0.25, -0.2) is 0 Å². The van der Waals surface area contributed by atoms with Gasteiger partial charge in [0.1, 0.15) is 0 Å². The molecule has 2 N–H and O–H groups in total. The lowest BCUT2D eigenvalue weighted by molar-refractivity contribution is -0.123. The van der Waals surface area contributed by atoms with Gasteiger partial charge in [0, 0.05) is 12.3 Å². The van der Waals surface area contributed by atoms with Gasteiger partial charge in [-0.05, 0) is 56.0 Å². The maximum Gasteiger partial charge on any atom is 0.241 e. The lowest BCUT2D eigenvalue weighted by atomic mass is 9.98. The van der Waals surface area contributed by atoms with E-state index in [0.717, 1.165) is 24.3 Å². The quantitative estimate of drug-likeness (QED) is 0.849. The zero-order valence-electron chi connectivity index (χ0n) is 13.7. The molecule has 122 valence electrons. The van der Waals surface area contributed by atoms with Crippen molar-refractivity contribution >= 4 is 11.6 Å². The SMILES string of the molecule is CC(C)C(C(=O)Nc1ccc(CCO)cc1)N1CCCCC1. The van der Waals surface area contributed by atoms with E-state index in [0.29, 0.717) is 12.3 Å². The van der Waals surface area contributed by atoms with Crippen molar-refractivity contribution < 1.29 is 9.90 Å². The molecule has 0 radical (unpaired) electrons. The van der Waals surface area contributed by atoms with E-state index in [1.165, 1.54) is 19.3 Å². The number of aliphatic hydroxyl groups is 1. The average molecular weight is 304 g/mol. The number of nitrogens with one attached hydrogen (secondary N) is 1. The first-order chi connectivity index (χ1) is 10.6. The summed E-state index contributed by atoms with van der Waals surface area (Å²) >= 11 is 0. The van der Waals surface area contributed by atoms with Crippen molar-refractivity contribution in [3.05, 3.63) is 29.8 Å². The van der Waals surface area contributed by atoms with Gasteiger partial charge >= 0.3 is 0 Å². The molecule has 0 bridgehead atoms. The molecule has 22 heavy (non-hydrogen) atoms. The van der Waals surface area contributed by atoms with Crippen molar-refractivity contribution in [1.82, 2.24) is 4.90 Å². The van der Waals surface area contributed by atoms with E-state index in [2.05, 4.69) is 24.1 Å². The van der Waals surface area contributed by atoms with Crippen LogP contribution < -0.4 is 5.32 Å². The molecule has 0 spiro atoms. The maximum atomic E-state index is 12.7. The Hall–Kier alpha value is -1.39. The maximum absolute atomic E-state index is 12.7. The van der Waals surface area contributed by atoms with Crippen molar-refractivity contribution in [3.63, 3.8) is 0 Å². The van der Waals surface area contributed by atoms with Gasteiger partial charge < -0.3 is 10.4 Å². The number of rotatable bonds is 6. The molecule has 1 aromatic carbocycles. The number of anilines is 1. The molecule has 1 unspecified atom stereocenters. The molecule has 0 aromatic heterocycles. The number of likely N-dealkylation sites (tertiary alicyclic amines) is 1. The highest BCUT2D eigenvalue weighted by Gasteiger charge is 2.29. The third-order valence-electron chi connectivity index (χ3n) is 4.31. The van der Waals surface area contributed by atoms with Gasteiger partial charge in [-0.3, -0.25) is 9.69 Å². The van der Waals surface area contributed by atoms with E-state index in [4.69, 9.17) is 5.11 Å². The molecule has 1 heterocycles. The van der Waals surface area contributed by atoms with Crippen LogP contribution in [0.15, 0.2) is 24.3 Å². The fourth-order valence-electron chi connectivity index (χ4n) is 3.19. The molecule has 1 aliphatic rings. The number of benzene rings is 1. The molecule has 1 atom stereocenters. The summed E-state index contributed by atoms with van der Waals surface area (Å²) < 4.78 is 0. The lowest BCUT2D eigenvalue weighted by Gasteiger charge is -2.35. The number of amides is 1. The molecule has 0 aliphatic carbocycles. The van der Waals surface area contributed by atoms with E-state index in [9.17, 15) is 4.79 Å². The van der Waals surface area contributed by atoms with Gasteiger partial charge in [0.15, 0.2) is 0 Å². The monoisotopic (exact) mass is 304 g/mol. The summed E-state index contributed by atoms with van der Waals surface area (Å²) in [5, 5.41) is 12.0. The molecular weight excluding hydrogens is 276 g/mol. The minimum atomic E-state index is -0.0579. The zero-order chi connectivity index (χ0) is 15.9. The van der Waals surface area contributed by atoms with Gasteiger partial charge in [-0.15, -0.1) is 0 Å². The summed E-state index contributed by atoms with van der Waals surface area (Å²) in [4.78, 5) is 15.0. The van der Waals surface area contributed by atoms with Crippen LogP contribution in [0.25, 0.3) is 0 Å². The Balaban J connectivity index is 2.00. The highest BCUT2D eigenvalue weighted by atomic mass is 16.3. The second kappa shape index (κ2) is 8.30. The van der Waals surface area contributed by atoms with Gasteiger partial charge in [0.2, 0.25) is 5.91 Å². The highest BCUT2D eigenvalue weighted by molar-refractivity contribution is 5.95. The fraction of sp³-hybridized carbons (Fsp3) is 0.611. The van der Waals surface area contributed by atoms with Gasteiger partial charge in [0.25, 0.3) is 0 Å². The molecule has 4 nitrogen and oxygen atoms in total. The van der Waals surface area contributed by atoms with Gasteiger partial charge in [-0.1, -0.05) is 32.4 Å². The topological polar surface area (TPSA) is 52.6 Å². The van der Waals surface area contributed by atoms with Crippen molar-refractivity contribution in [2.75, 3.05) is 25.0 Å². The summed E-state index contributed by atoms with van der Waals surface area (Å²) in [5.74, 6) is 0.388. The molecule has 1 saturated heterocycles. The van der Waals surface area contributed by atoms with Crippen molar-refractivity contribution in [1.29, 1.82) is 0 Å². The van der Waals surface area contributed by atoms with Gasteiger partial charge in [0.05, 0.1) is 6.04 Å². The number of aliphatic hydroxyl groups excluding tert-OH is 1. The smallest absolute Gasteiger partial charge is 0.241 e. The molecule has 2 rings (SSSR count). The summed E-state index contributed by atoms with van der Waals surface area (Å²) in [6.07, 6.45) is 4.30. The predicted octanol–water partition coefficient (Wildman–Crippen LogP) is 2.67. The van der Waals surface area contributed by atoms with Crippen LogP contribution in [0.4, 0.5) is 5.69 Å². The summed E-state index contributed by atoms with van der Waals surface area (Å²) in [5.41, 5.74) is 1.91.